The highest BCUT2D eigenvalue weighted by Gasteiger charge is 2.27. The predicted octanol–water partition coefficient (Wildman–Crippen LogP) is 3.37. The van der Waals surface area contributed by atoms with Gasteiger partial charge in [-0.15, -0.1) is 0 Å². The lowest BCUT2D eigenvalue weighted by molar-refractivity contribution is 0.0995. The van der Waals surface area contributed by atoms with Crippen LogP contribution in [0, 0.1) is 0 Å². The van der Waals surface area contributed by atoms with E-state index in [-0.39, 0.29) is 0 Å². The van der Waals surface area contributed by atoms with E-state index in [1.165, 1.54) is 12.0 Å². The zero-order chi connectivity index (χ0) is 13.8. The van der Waals surface area contributed by atoms with E-state index in [1.807, 2.05) is 18.2 Å². The minimum Gasteiger partial charge on any atom is -0.467 e. The van der Waals surface area contributed by atoms with E-state index in [0.717, 1.165) is 25.9 Å². The zero-order valence-corrected chi connectivity index (χ0v) is 11.6. The van der Waals surface area contributed by atoms with Crippen LogP contribution in [0.4, 0.5) is 0 Å². The Morgan fingerprint density at radius 3 is 2.80 bits per heavy atom. The lowest BCUT2D eigenvalue weighted by Gasteiger charge is -2.26. The number of rotatable bonds is 5. The molecule has 3 nitrogen and oxygen atoms in total. The summed E-state index contributed by atoms with van der Waals surface area (Å²) < 4.78 is 5.29. The van der Waals surface area contributed by atoms with E-state index in [1.54, 1.807) is 6.26 Å². The third-order valence-corrected chi connectivity index (χ3v) is 4.09. The molecule has 1 saturated heterocycles. The molecular formula is C17H21NO2. The molecule has 0 saturated carbocycles. The summed E-state index contributed by atoms with van der Waals surface area (Å²) in [6.45, 7) is 2.08. The molecule has 1 N–H and O–H groups in total. The van der Waals surface area contributed by atoms with Gasteiger partial charge in [0.25, 0.3) is 0 Å². The second-order valence-corrected chi connectivity index (χ2v) is 5.52. The third kappa shape index (κ3) is 3.11. The molecular weight excluding hydrogens is 250 g/mol. The van der Waals surface area contributed by atoms with Crippen molar-refractivity contribution in [1.82, 2.24) is 4.90 Å². The van der Waals surface area contributed by atoms with Crippen molar-refractivity contribution >= 4 is 0 Å². The average molecular weight is 271 g/mol. The zero-order valence-electron chi connectivity index (χ0n) is 11.6. The van der Waals surface area contributed by atoms with Gasteiger partial charge >= 0.3 is 0 Å². The molecule has 2 unspecified atom stereocenters. The molecule has 1 fully saturated rings. The van der Waals surface area contributed by atoms with Gasteiger partial charge in [-0.1, -0.05) is 30.3 Å². The predicted molar refractivity (Wildman–Crippen MR) is 78.2 cm³/mol. The van der Waals surface area contributed by atoms with Crippen LogP contribution >= 0.6 is 0 Å². The average Bonchev–Trinajstić information content (AvgIpc) is 3.12. The van der Waals surface area contributed by atoms with E-state index in [4.69, 9.17) is 4.42 Å². The first kappa shape index (κ1) is 13.4. The Kier molecular flexibility index (Phi) is 4.19. The smallest absolute Gasteiger partial charge is 0.132 e. The van der Waals surface area contributed by atoms with Crippen LogP contribution < -0.4 is 0 Å². The number of hydrogen-bond acceptors (Lipinski definition) is 3. The van der Waals surface area contributed by atoms with Crippen LogP contribution in [0.3, 0.4) is 0 Å². The Balaban J connectivity index is 1.61. The number of hydrogen-bond donors (Lipinski definition) is 1. The van der Waals surface area contributed by atoms with Gasteiger partial charge < -0.3 is 9.52 Å². The van der Waals surface area contributed by atoms with Crippen LogP contribution in [0.1, 0.15) is 36.7 Å². The molecule has 0 amide bonds. The SMILES string of the molecule is OC(CC1CCCN1Cc1ccccc1)c1ccco1. The number of nitrogens with zero attached hydrogens (tertiary/aromatic N) is 1. The van der Waals surface area contributed by atoms with Crippen molar-refractivity contribution in [3.05, 3.63) is 60.1 Å². The molecule has 3 heteroatoms. The summed E-state index contributed by atoms with van der Waals surface area (Å²) in [5, 5.41) is 10.2. The number of furan rings is 1. The van der Waals surface area contributed by atoms with Crippen LogP contribution in [-0.2, 0) is 6.54 Å². The van der Waals surface area contributed by atoms with Gasteiger partial charge in [0.15, 0.2) is 0 Å². The highest BCUT2D eigenvalue weighted by Crippen LogP contribution is 2.28. The van der Waals surface area contributed by atoms with Crippen LogP contribution in [0.15, 0.2) is 53.1 Å². The Bertz CT molecular complexity index is 509. The number of aliphatic hydroxyl groups is 1. The fourth-order valence-corrected chi connectivity index (χ4v) is 3.04. The molecule has 2 heterocycles. The van der Waals surface area contributed by atoms with Crippen molar-refractivity contribution < 1.29 is 9.52 Å². The Morgan fingerprint density at radius 2 is 2.05 bits per heavy atom. The molecule has 1 aromatic heterocycles. The summed E-state index contributed by atoms with van der Waals surface area (Å²) in [6.07, 6.45) is 4.24. The molecule has 1 aliphatic rings. The van der Waals surface area contributed by atoms with Crippen molar-refractivity contribution in [1.29, 1.82) is 0 Å². The van der Waals surface area contributed by atoms with Gasteiger partial charge in [-0.05, 0) is 43.5 Å². The highest BCUT2D eigenvalue weighted by molar-refractivity contribution is 5.15. The molecule has 0 spiro atoms. The van der Waals surface area contributed by atoms with Gasteiger partial charge in [0, 0.05) is 12.6 Å². The molecule has 0 bridgehead atoms. The minimum absolute atomic E-state index is 0.440. The first-order valence-electron chi connectivity index (χ1n) is 7.32. The van der Waals surface area contributed by atoms with E-state index in [9.17, 15) is 5.11 Å². The molecule has 106 valence electrons. The van der Waals surface area contributed by atoms with Crippen LogP contribution in [0.2, 0.25) is 0 Å². The highest BCUT2D eigenvalue weighted by atomic mass is 16.4. The molecule has 20 heavy (non-hydrogen) atoms. The van der Waals surface area contributed by atoms with Crippen molar-refractivity contribution in [2.24, 2.45) is 0 Å². The fourth-order valence-electron chi connectivity index (χ4n) is 3.04. The topological polar surface area (TPSA) is 36.6 Å². The summed E-state index contributed by atoms with van der Waals surface area (Å²) >= 11 is 0. The minimum atomic E-state index is -0.494. The van der Waals surface area contributed by atoms with Gasteiger partial charge in [-0.3, -0.25) is 4.90 Å². The standard InChI is InChI=1S/C17H21NO2/c19-16(17-9-5-11-20-17)12-15-8-4-10-18(15)13-14-6-2-1-3-7-14/h1-3,5-7,9,11,15-16,19H,4,8,10,12-13H2. The van der Waals surface area contributed by atoms with Gasteiger partial charge in [0.05, 0.1) is 6.26 Å². The van der Waals surface area contributed by atoms with Crippen LogP contribution in [-0.4, -0.2) is 22.6 Å². The normalized spacial score (nSPS) is 21.1. The van der Waals surface area contributed by atoms with Crippen molar-refractivity contribution in [3.63, 3.8) is 0 Å². The number of benzene rings is 1. The van der Waals surface area contributed by atoms with Gasteiger partial charge in [-0.2, -0.15) is 0 Å². The second-order valence-electron chi connectivity index (χ2n) is 5.52. The maximum atomic E-state index is 10.2. The molecule has 1 aromatic carbocycles. The Labute approximate surface area is 119 Å². The van der Waals surface area contributed by atoms with E-state index in [0.29, 0.717) is 11.8 Å². The Hall–Kier alpha value is -1.58. The summed E-state index contributed by atoms with van der Waals surface area (Å²) in [5.41, 5.74) is 1.34. The first-order valence-corrected chi connectivity index (χ1v) is 7.32. The van der Waals surface area contributed by atoms with Crippen molar-refractivity contribution in [2.75, 3.05) is 6.54 Å². The number of aliphatic hydroxyl groups excluding tert-OH is 1. The fraction of sp³-hybridized carbons (Fsp3) is 0.412. The summed E-state index contributed by atoms with van der Waals surface area (Å²) in [4.78, 5) is 2.47. The molecule has 3 rings (SSSR count). The van der Waals surface area contributed by atoms with Crippen LogP contribution in [0.25, 0.3) is 0 Å². The maximum Gasteiger partial charge on any atom is 0.132 e. The molecule has 0 aliphatic carbocycles. The van der Waals surface area contributed by atoms with E-state index in [2.05, 4.69) is 29.2 Å². The lowest BCUT2D eigenvalue weighted by Crippen LogP contribution is -2.30. The number of likely N-dealkylation sites (tertiary alicyclic amines) is 1. The van der Waals surface area contributed by atoms with Crippen molar-refractivity contribution in [2.45, 2.75) is 38.0 Å². The van der Waals surface area contributed by atoms with Gasteiger partial charge in [0.2, 0.25) is 0 Å². The summed E-state index contributed by atoms with van der Waals surface area (Å²) in [5.74, 6) is 0.677. The molecule has 1 aliphatic heterocycles. The lowest BCUT2D eigenvalue weighted by atomic mass is 10.0. The van der Waals surface area contributed by atoms with E-state index < -0.39 is 6.10 Å². The van der Waals surface area contributed by atoms with Crippen LogP contribution in [0.5, 0.6) is 0 Å². The van der Waals surface area contributed by atoms with Crippen molar-refractivity contribution in [3.8, 4) is 0 Å². The molecule has 2 atom stereocenters. The first-order chi connectivity index (χ1) is 9.83. The maximum absolute atomic E-state index is 10.2. The quantitative estimate of drug-likeness (QED) is 0.906. The Morgan fingerprint density at radius 1 is 1.20 bits per heavy atom. The largest absolute Gasteiger partial charge is 0.467 e. The van der Waals surface area contributed by atoms with Gasteiger partial charge in [0.1, 0.15) is 11.9 Å². The van der Waals surface area contributed by atoms with Gasteiger partial charge in [-0.25, -0.2) is 0 Å². The summed E-state index contributed by atoms with van der Waals surface area (Å²) in [6, 6.07) is 14.7. The summed E-state index contributed by atoms with van der Waals surface area (Å²) in [7, 11) is 0. The molecule has 2 aromatic rings. The monoisotopic (exact) mass is 271 g/mol. The molecule has 0 radical (unpaired) electrons. The third-order valence-electron chi connectivity index (χ3n) is 4.09. The second kappa shape index (κ2) is 6.25. The van der Waals surface area contributed by atoms with E-state index >= 15 is 0 Å².